The highest BCUT2D eigenvalue weighted by molar-refractivity contribution is 5.73. The zero-order chi connectivity index (χ0) is 23.8. The molecule has 0 radical (unpaired) electrons. The molecule has 0 aromatic carbocycles. The average molecular weight is 455 g/mol. The maximum Gasteiger partial charge on any atom is 0.309 e. The molecule has 6 heteroatoms. The standard InChI is InChI=1S/C26H46O6/c1-25(2,23(27)28)17-7-5-9-19-11-13-21(31-19)15-16-22-14-12-20(32-22)10-6-8-18-26(3,4)24(29)30/h19-22H,5-18H2,1-4H3,(H,27,28)(H,29,30). The number of aliphatic carboxylic acids is 2. The monoisotopic (exact) mass is 454 g/mol. The first-order valence-corrected chi connectivity index (χ1v) is 12.8. The molecule has 0 saturated carbocycles. The second kappa shape index (κ2) is 12.4. The molecule has 0 amide bonds. The Morgan fingerprint density at radius 2 is 0.938 bits per heavy atom. The molecule has 0 aliphatic carbocycles. The average Bonchev–Trinajstić information content (AvgIpc) is 3.36. The summed E-state index contributed by atoms with van der Waals surface area (Å²) in [6, 6.07) is 0. The lowest BCUT2D eigenvalue weighted by molar-refractivity contribution is -0.148. The molecular weight excluding hydrogens is 408 g/mol. The Hall–Kier alpha value is -1.14. The number of carboxylic acid groups (broad SMARTS) is 2. The van der Waals surface area contributed by atoms with Crippen molar-refractivity contribution in [2.45, 2.75) is 142 Å². The van der Waals surface area contributed by atoms with Crippen LogP contribution in [-0.2, 0) is 19.1 Å². The van der Waals surface area contributed by atoms with E-state index >= 15 is 0 Å². The van der Waals surface area contributed by atoms with Gasteiger partial charge in [0.25, 0.3) is 0 Å². The molecule has 4 unspecified atom stereocenters. The van der Waals surface area contributed by atoms with Crippen molar-refractivity contribution < 1.29 is 29.3 Å². The van der Waals surface area contributed by atoms with Crippen LogP contribution in [0.3, 0.4) is 0 Å². The van der Waals surface area contributed by atoms with Crippen molar-refractivity contribution in [1.29, 1.82) is 0 Å². The Morgan fingerprint density at radius 1 is 0.625 bits per heavy atom. The van der Waals surface area contributed by atoms with Crippen LogP contribution in [0.25, 0.3) is 0 Å². The molecular formula is C26H46O6. The van der Waals surface area contributed by atoms with Crippen LogP contribution < -0.4 is 0 Å². The lowest BCUT2D eigenvalue weighted by Gasteiger charge is -2.20. The number of hydrogen-bond donors (Lipinski definition) is 2. The Labute approximate surface area is 194 Å². The third-order valence-electron chi connectivity index (χ3n) is 7.52. The normalized spacial score (nSPS) is 26.5. The van der Waals surface area contributed by atoms with Crippen molar-refractivity contribution in [3.8, 4) is 0 Å². The fourth-order valence-corrected chi connectivity index (χ4v) is 4.87. The molecule has 0 spiro atoms. The van der Waals surface area contributed by atoms with Crippen LogP contribution >= 0.6 is 0 Å². The molecule has 186 valence electrons. The predicted molar refractivity (Wildman–Crippen MR) is 125 cm³/mol. The molecule has 2 saturated heterocycles. The van der Waals surface area contributed by atoms with Crippen LogP contribution in [0, 0.1) is 10.8 Å². The topological polar surface area (TPSA) is 93.1 Å². The zero-order valence-electron chi connectivity index (χ0n) is 20.7. The number of hydrogen-bond acceptors (Lipinski definition) is 4. The van der Waals surface area contributed by atoms with Gasteiger partial charge in [-0.05, 0) is 91.9 Å². The van der Waals surface area contributed by atoms with E-state index in [1.807, 2.05) is 0 Å². The summed E-state index contributed by atoms with van der Waals surface area (Å²) in [5.74, 6) is -1.43. The first kappa shape index (κ1) is 27.1. The van der Waals surface area contributed by atoms with Gasteiger partial charge >= 0.3 is 11.9 Å². The van der Waals surface area contributed by atoms with Crippen LogP contribution in [0.2, 0.25) is 0 Å². The van der Waals surface area contributed by atoms with Crippen LogP contribution in [0.15, 0.2) is 0 Å². The van der Waals surface area contributed by atoms with E-state index in [4.69, 9.17) is 9.47 Å². The van der Waals surface area contributed by atoms with Crippen LogP contribution in [0.5, 0.6) is 0 Å². The van der Waals surface area contributed by atoms with Crippen molar-refractivity contribution in [2.75, 3.05) is 0 Å². The van der Waals surface area contributed by atoms with Crippen molar-refractivity contribution in [2.24, 2.45) is 10.8 Å². The fourth-order valence-electron chi connectivity index (χ4n) is 4.87. The summed E-state index contributed by atoms with van der Waals surface area (Å²) < 4.78 is 12.5. The minimum absolute atomic E-state index is 0.334. The summed E-state index contributed by atoms with van der Waals surface area (Å²) >= 11 is 0. The summed E-state index contributed by atoms with van der Waals surface area (Å²) in [7, 11) is 0. The largest absolute Gasteiger partial charge is 0.481 e. The summed E-state index contributed by atoms with van der Waals surface area (Å²) in [4.78, 5) is 22.4. The highest BCUT2D eigenvalue weighted by atomic mass is 16.5. The lowest BCUT2D eigenvalue weighted by Crippen LogP contribution is -2.23. The fraction of sp³-hybridized carbons (Fsp3) is 0.923. The number of unbranched alkanes of at least 4 members (excludes halogenated alkanes) is 2. The van der Waals surface area contributed by atoms with Gasteiger partial charge in [0.15, 0.2) is 0 Å². The Balaban J connectivity index is 1.52. The molecule has 0 aromatic rings. The SMILES string of the molecule is CC(C)(CCCCC1CCC(CCC2CCC(CCCCC(C)(C)C(=O)O)O2)O1)C(=O)O. The first-order chi connectivity index (χ1) is 15.0. The Morgan fingerprint density at radius 3 is 1.25 bits per heavy atom. The van der Waals surface area contributed by atoms with Crippen molar-refractivity contribution in [3.63, 3.8) is 0 Å². The smallest absolute Gasteiger partial charge is 0.309 e. The van der Waals surface area contributed by atoms with E-state index in [1.54, 1.807) is 27.7 Å². The van der Waals surface area contributed by atoms with Crippen molar-refractivity contribution >= 4 is 11.9 Å². The summed E-state index contributed by atoms with van der Waals surface area (Å²) in [6.45, 7) is 7.20. The van der Waals surface area contributed by atoms with E-state index in [0.29, 0.717) is 24.4 Å². The van der Waals surface area contributed by atoms with Gasteiger partial charge < -0.3 is 19.7 Å². The van der Waals surface area contributed by atoms with Crippen LogP contribution in [0.4, 0.5) is 0 Å². The third-order valence-corrected chi connectivity index (χ3v) is 7.52. The van der Waals surface area contributed by atoms with E-state index in [9.17, 15) is 19.8 Å². The van der Waals surface area contributed by atoms with Gasteiger partial charge in [-0.2, -0.15) is 0 Å². The van der Waals surface area contributed by atoms with Gasteiger partial charge in [-0.3, -0.25) is 9.59 Å². The quantitative estimate of drug-likeness (QED) is 0.286. The highest BCUT2D eigenvalue weighted by Crippen LogP contribution is 2.32. The van der Waals surface area contributed by atoms with Gasteiger partial charge in [-0.15, -0.1) is 0 Å². The molecule has 0 aromatic heterocycles. The van der Waals surface area contributed by atoms with Crippen LogP contribution in [0.1, 0.15) is 118 Å². The maximum atomic E-state index is 11.2. The Bertz CT molecular complexity index is 547. The lowest BCUT2D eigenvalue weighted by atomic mass is 9.87. The van der Waals surface area contributed by atoms with Gasteiger partial charge in [-0.1, -0.05) is 25.7 Å². The molecule has 2 N–H and O–H groups in total. The second-order valence-corrected chi connectivity index (χ2v) is 11.4. The molecule has 2 heterocycles. The van der Waals surface area contributed by atoms with E-state index in [2.05, 4.69) is 0 Å². The molecule has 2 fully saturated rings. The number of carboxylic acids is 2. The molecule has 0 bridgehead atoms. The van der Waals surface area contributed by atoms with E-state index in [1.165, 1.54) is 0 Å². The molecule has 4 atom stereocenters. The molecule has 2 aliphatic rings. The van der Waals surface area contributed by atoms with E-state index in [0.717, 1.165) is 89.9 Å². The molecule has 6 nitrogen and oxygen atoms in total. The molecule has 32 heavy (non-hydrogen) atoms. The van der Waals surface area contributed by atoms with Gasteiger partial charge in [0.2, 0.25) is 0 Å². The number of rotatable bonds is 15. The highest BCUT2D eigenvalue weighted by Gasteiger charge is 2.30. The van der Waals surface area contributed by atoms with Gasteiger partial charge in [0, 0.05) is 0 Å². The van der Waals surface area contributed by atoms with Crippen molar-refractivity contribution in [3.05, 3.63) is 0 Å². The summed E-state index contributed by atoms with van der Waals surface area (Å²) in [6.07, 6.45) is 15.4. The van der Waals surface area contributed by atoms with Gasteiger partial charge in [0.1, 0.15) is 0 Å². The first-order valence-electron chi connectivity index (χ1n) is 12.8. The summed E-state index contributed by atoms with van der Waals surface area (Å²) in [5, 5.41) is 18.4. The number of carbonyl (C=O) groups is 2. The van der Waals surface area contributed by atoms with Gasteiger partial charge in [-0.25, -0.2) is 0 Å². The predicted octanol–water partition coefficient (Wildman–Crippen LogP) is 6.20. The Kier molecular flexibility index (Phi) is 10.5. The number of ether oxygens (including phenoxy) is 2. The van der Waals surface area contributed by atoms with Crippen LogP contribution in [-0.4, -0.2) is 46.6 Å². The van der Waals surface area contributed by atoms with Gasteiger partial charge in [0.05, 0.1) is 35.2 Å². The minimum atomic E-state index is -0.715. The molecule has 2 rings (SSSR count). The third kappa shape index (κ3) is 9.01. The van der Waals surface area contributed by atoms with E-state index in [-0.39, 0.29) is 0 Å². The second-order valence-electron chi connectivity index (χ2n) is 11.4. The summed E-state index contributed by atoms with van der Waals surface area (Å²) in [5.41, 5.74) is -1.26. The van der Waals surface area contributed by atoms with Crippen molar-refractivity contribution in [1.82, 2.24) is 0 Å². The zero-order valence-corrected chi connectivity index (χ0v) is 20.7. The minimum Gasteiger partial charge on any atom is -0.481 e. The van der Waals surface area contributed by atoms with E-state index < -0.39 is 22.8 Å². The maximum absolute atomic E-state index is 11.2. The molecule has 2 aliphatic heterocycles.